The van der Waals surface area contributed by atoms with Gasteiger partial charge in [-0.25, -0.2) is 9.97 Å². The SMILES string of the molecule is O=[N+]([O-])c1cnc(N2CCc3[nH]ncc3C2)nc1. The van der Waals surface area contributed by atoms with Crippen LogP contribution in [-0.4, -0.2) is 31.6 Å². The first-order chi connectivity index (χ1) is 8.74. The zero-order valence-electron chi connectivity index (χ0n) is 9.41. The average Bonchev–Trinajstić information content (AvgIpc) is 2.86. The van der Waals surface area contributed by atoms with Crippen LogP contribution in [0.2, 0.25) is 0 Å². The Morgan fingerprint density at radius 1 is 1.33 bits per heavy atom. The molecule has 0 amide bonds. The molecule has 0 fully saturated rings. The molecule has 8 nitrogen and oxygen atoms in total. The van der Waals surface area contributed by atoms with E-state index in [9.17, 15) is 10.1 Å². The number of nitrogens with one attached hydrogen (secondary N) is 1. The molecule has 18 heavy (non-hydrogen) atoms. The minimum absolute atomic E-state index is 0.0974. The van der Waals surface area contributed by atoms with E-state index in [0.717, 1.165) is 24.2 Å². The number of aromatic amines is 1. The minimum atomic E-state index is -0.506. The summed E-state index contributed by atoms with van der Waals surface area (Å²) in [6, 6.07) is 0. The summed E-state index contributed by atoms with van der Waals surface area (Å²) in [7, 11) is 0. The lowest BCUT2D eigenvalue weighted by atomic mass is 10.1. The second kappa shape index (κ2) is 4.06. The van der Waals surface area contributed by atoms with E-state index in [1.807, 2.05) is 4.90 Å². The van der Waals surface area contributed by atoms with Crippen molar-refractivity contribution >= 4 is 11.6 Å². The van der Waals surface area contributed by atoms with Crippen LogP contribution in [0.25, 0.3) is 0 Å². The van der Waals surface area contributed by atoms with Crippen LogP contribution in [0.1, 0.15) is 11.3 Å². The van der Waals surface area contributed by atoms with Gasteiger partial charge in [-0.3, -0.25) is 15.2 Å². The van der Waals surface area contributed by atoms with E-state index in [2.05, 4.69) is 20.2 Å². The molecular formula is C10H10N6O2. The highest BCUT2D eigenvalue weighted by atomic mass is 16.6. The van der Waals surface area contributed by atoms with E-state index in [0.29, 0.717) is 12.5 Å². The molecule has 1 aliphatic rings. The number of H-pyrrole nitrogens is 1. The monoisotopic (exact) mass is 246 g/mol. The van der Waals surface area contributed by atoms with Crippen molar-refractivity contribution in [2.45, 2.75) is 13.0 Å². The Balaban J connectivity index is 1.82. The molecule has 8 heteroatoms. The summed E-state index contributed by atoms with van der Waals surface area (Å²) < 4.78 is 0. The number of rotatable bonds is 2. The highest BCUT2D eigenvalue weighted by Crippen LogP contribution is 2.20. The molecule has 0 aliphatic carbocycles. The van der Waals surface area contributed by atoms with Crippen molar-refractivity contribution in [3.05, 3.63) is 40.0 Å². The normalized spacial score (nSPS) is 14.3. The van der Waals surface area contributed by atoms with Crippen molar-refractivity contribution in [3.8, 4) is 0 Å². The van der Waals surface area contributed by atoms with Crippen molar-refractivity contribution in [1.29, 1.82) is 0 Å². The summed E-state index contributed by atoms with van der Waals surface area (Å²) in [4.78, 5) is 20.0. The number of hydrogen-bond acceptors (Lipinski definition) is 6. The molecule has 0 bridgehead atoms. The highest BCUT2D eigenvalue weighted by Gasteiger charge is 2.20. The van der Waals surface area contributed by atoms with E-state index in [1.165, 1.54) is 12.4 Å². The number of nitrogens with zero attached hydrogens (tertiary/aromatic N) is 5. The average molecular weight is 246 g/mol. The van der Waals surface area contributed by atoms with Crippen LogP contribution in [-0.2, 0) is 13.0 Å². The Morgan fingerprint density at radius 2 is 2.11 bits per heavy atom. The molecule has 1 N–H and O–H groups in total. The Hall–Kier alpha value is -2.51. The van der Waals surface area contributed by atoms with Gasteiger partial charge >= 0.3 is 5.69 Å². The molecular weight excluding hydrogens is 236 g/mol. The number of hydrogen-bond donors (Lipinski definition) is 1. The van der Waals surface area contributed by atoms with Gasteiger partial charge in [-0.05, 0) is 0 Å². The molecule has 0 saturated carbocycles. The molecule has 2 aromatic rings. The topological polar surface area (TPSA) is 101 Å². The van der Waals surface area contributed by atoms with E-state index in [4.69, 9.17) is 0 Å². The standard InChI is InChI=1S/C10H10N6O2/c17-16(18)8-4-11-10(12-5-8)15-2-1-9-7(6-15)3-13-14-9/h3-5H,1-2,6H2,(H,13,14). The predicted molar refractivity (Wildman–Crippen MR) is 62.0 cm³/mol. The lowest BCUT2D eigenvalue weighted by Gasteiger charge is -2.26. The number of aromatic nitrogens is 4. The predicted octanol–water partition coefficient (Wildman–Crippen LogP) is 0.671. The van der Waals surface area contributed by atoms with Gasteiger partial charge in [-0.15, -0.1) is 0 Å². The quantitative estimate of drug-likeness (QED) is 0.617. The summed E-state index contributed by atoms with van der Waals surface area (Å²) in [6.45, 7) is 1.44. The maximum absolute atomic E-state index is 10.5. The lowest BCUT2D eigenvalue weighted by Crippen LogP contribution is -2.31. The van der Waals surface area contributed by atoms with Gasteiger partial charge in [-0.1, -0.05) is 0 Å². The summed E-state index contributed by atoms with van der Waals surface area (Å²) in [5.74, 6) is 0.507. The molecule has 3 heterocycles. The van der Waals surface area contributed by atoms with Crippen LogP contribution >= 0.6 is 0 Å². The summed E-state index contributed by atoms with van der Waals surface area (Å²) in [6.07, 6.45) is 5.09. The van der Waals surface area contributed by atoms with Crippen molar-refractivity contribution in [1.82, 2.24) is 20.2 Å². The van der Waals surface area contributed by atoms with Gasteiger partial charge in [0.05, 0.1) is 11.1 Å². The molecule has 0 unspecified atom stereocenters. The third-order valence-electron chi connectivity index (χ3n) is 2.92. The largest absolute Gasteiger partial charge is 0.336 e. The van der Waals surface area contributed by atoms with Crippen LogP contribution in [0.4, 0.5) is 11.6 Å². The van der Waals surface area contributed by atoms with Gasteiger partial charge in [0.2, 0.25) is 5.95 Å². The maximum Gasteiger partial charge on any atom is 0.305 e. The molecule has 0 saturated heterocycles. The second-order valence-electron chi connectivity index (χ2n) is 4.04. The van der Waals surface area contributed by atoms with E-state index >= 15 is 0 Å². The van der Waals surface area contributed by atoms with E-state index < -0.39 is 4.92 Å². The molecule has 1 aliphatic heterocycles. The Labute approximate surface area is 102 Å². The third-order valence-corrected chi connectivity index (χ3v) is 2.92. The van der Waals surface area contributed by atoms with Crippen LogP contribution in [0.3, 0.4) is 0 Å². The van der Waals surface area contributed by atoms with Gasteiger partial charge in [0.15, 0.2) is 0 Å². The number of nitro groups is 1. The molecule has 0 aromatic carbocycles. The molecule has 0 atom stereocenters. The van der Waals surface area contributed by atoms with Crippen molar-refractivity contribution in [2.75, 3.05) is 11.4 Å². The lowest BCUT2D eigenvalue weighted by molar-refractivity contribution is -0.385. The van der Waals surface area contributed by atoms with Crippen LogP contribution in [0.15, 0.2) is 18.6 Å². The second-order valence-corrected chi connectivity index (χ2v) is 4.04. The summed E-state index contributed by atoms with van der Waals surface area (Å²) in [5, 5.41) is 17.5. The fraction of sp³-hybridized carbons (Fsp3) is 0.300. The number of fused-ring (bicyclic) bond motifs is 1. The first kappa shape index (κ1) is 10.6. The molecule has 0 radical (unpaired) electrons. The Morgan fingerprint density at radius 3 is 2.83 bits per heavy atom. The van der Waals surface area contributed by atoms with Crippen LogP contribution < -0.4 is 4.90 Å². The van der Waals surface area contributed by atoms with Crippen LogP contribution in [0.5, 0.6) is 0 Å². The third kappa shape index (κ3) is 1.77. The molecule has 0 spiro atoms. The van der Waals surface area contributed by atoms with Crippen molar-refractivity contribution in [2.24, 2.45) is 0 Å². The van der Waals surface area contributed by atoms with Gasteiger partial charge in [0, 0.05) is 30.8 Å². The highest BCUT2D eigenvalue weighted by molar-refractivity contribution is 5.38. The molecule has 3 rings (SSSR count). The van der Waals surface area contributed by atoms with Crippen molar-refractivity contribution in [3.63, 3.8) is 0 Å². The minimum Gasteiger partial charge on any atom is -0.336 e. The van der Waals surface area contributed by atoms with Gasteiger partial charge in [0.25, 0.3) is 0 Å². The Kier molecular flexibility index (Phi) is 2.40. The van der Waals surface area contributed by atoms with Crippen LogP contribution in [0, 0.1) is 10.1 Å². The van der Waals surface area contributed by atoms with Crippen molar-refractivity contribution < 1.29 is 4.92 Å². The van der Waals surface area contributed by atoms with E-state index in [-0.39, 0.29) is 5.69 Å². The number of anilines is 1. The summed E-state index contributed by atoms with van der Waals surface area (Å²) >= 11 is 0. The van der Waals surface area contributed by atoms with Gasteiger partial charge in [-0.2, -0.15) is 5.10 Å². The first-order valence-electron chi connectivity index (χ1n) is 5.46. The maximum atomic E-state index is 10.5. The smallest absolute Gasteiger partial charge is 0.305 e. The summed E-state index contributed by atoms with van der Waals surface area (Å²) in [5.41, 5.74) is 2.15. The fourth-order valence-corrected chi connectivity index (χ4v) is 1.96. The van der Waals surface area contributed by atoms with Gasteiger partial charge in [0.1, 0.15) is 12.4 Å². The first-order valence-corrected chi connectivity index (χ1v) is 5.46. The zero-order valence-corrected chi connectivity index (χ0v) is 9.41. The zero-order chi connectivity index (χ0) is 12.5. The van der Waals surface area contributed by atoms with E-state index in [1.54, 1.807) is 6.20 Å². The Bertz CT molecular complexity index is 578. The molecule has 2 aromatic heterocycles. The van der Waals surface area contributed by atoms with Gasteiger partial charge < -0.3 is 4.90 Å². The molecule has 92 valence electrons. The fourth-order valence-electron chi connectivity index (χ4n) is 1.96.